The van der Waals surface area contributed by atoms with E-state index in [1.54, 1.807) is 0 Å². The summed E-state index contributed by atoms with van der Waals surface area (Å²) in [4.78, 5) is 5.36. The predicted octanol–water partition coefficient (Wildman–Crippen LogP) is 3.95. The number of hydrogen-bond donors (Lipinski definition) is 0. The van der Waals surface area contributed by atoms with Crippen LogP contribution in [0.1, 0.15) is 37.3 Å². The molecule has 110 valence electrons. The lowest BCUT2D eigenvalue weighted by molar-refractivity contribution is 0.115. The Morgan fingerprint density at radius 2 is 2.10 bits per heavy atom. The molecule has 20 heavy (non-hydrogen) atoms. The van der Waals surface area contributed by atoms with E-state index in [0.717, 1.165) is 11.4 Å². The SMILES string of the molecule is Cc1ccc(N2CC3CCCCN3CC2C)c(CBr)c1. The summed E-state index contributed by atoms with van der Waals surface area (Å²) in [6, 6.07) is 8.28. The van der Waals surface area contributed by atoms with E-state index in [-0.39, 0.29) is 0 Å². The van der Waals surface area contributed by atoms with Crippen LogP contribution < -0.4 is 4.90 Å². The minimum atomic E-state index is 0.616. The lowest BCUT2D eigenvalue weighted by atomic mass is 9.96. The van der Waals surface area contributed by atoms with Crippen molar-refractivity contribution in [3.63, 3.8) is 0 Å². The third kappa shape index (κ3) is 2.75. The largest absolute Gasteiger partial charge is 0.366 e. The Morgan fingerprint density at radius 1 is 1.25 bits per heavy atom. The van der Waals surface area contributed by atoms with Crippen LogP contribution in [0.5, 0.6) is 0 Å². The van der Waals surface area contributed by atoms with E-state index in [9.17, 15) is 0 Å². The van der Waals surface area contributed by atoms with Crippen molar-refractivity contribution in [3.05, 3.63) is 29.3 Å². The quantitative estimate of drug-likeness (QED) is 0.754. The van der Waals surface area contributed by atoms with Gasteiger partial charge >= 0.3 is 0 Å². The standard InChI is InChI=1S/C17H25BrN2/c1-13-6-7-17(15(9-13)10-18)20-12-16-5-3-4-8-19(16)11-14(20)2/h6-7,9,14,16H,3-5,8,10-12H2,1-2H3. The van der Waals surface area contributed by atoms with Crippen LogP contribution in [0.3, 0.4) is 0 Å². The van der Waals surface area contributed by atoms with Crippen molar-refractivity contribution in [1.29, 1.82) is 0 Å². The summed E-state index contributed by atoms with van der Waals surface area (Å²) in [5.41, 5.74) is 4.22. The molecule has 0 N–H and O–H groups in total. The number of piperidine rings is 1. The second-order valence-corrected chi connectivity index (χ2v) is 6.97. The van der Waals surface area contributed by atoms with Crippen molar-refractivity contribution < 1.29 is 0 Å². The first kappa shape index (κ1) is 14.4. The van der Waals surface area contributed by atoms with Gasteiger partial charge in [-0.05, 0) is 44.9 Å². The van der Waals surface area contributed by atoms with Crippen LogP contribution in [-0.2, 0) is 5.33 Å². The zero-order chi connectivity index (χ0) is 14.1. The molecule has 0 amide bonds. The van der Waals surface area contributed by atoms with Gasteiger partial charge in [-0.1, -0.05) is 40.0 Å². The van der Waals surface area contributed by atoms with E-state index >= 15 is 0 Å². The van der Waals surface area contributed by atoms with Crippen molar-refractivity contribution in [2.24, 2.45) is 0 Å². The van der Waals surface area contributed by atoms with Crippen molar-refractivity contribution in [2.45, 2.75) is 50.5 Å². The van der Waals surface area contributed by atoms with Crippen molar-refractivity contribution >= 4 is 21.6 Å². The van der Waals surface area contributed by atoms with Crippen molar-refractivity contribution in [1.82, 2.24) is 4.90 Å². The van der Waals surface area contributed by atoms with Gasteiger partial charge in [-0.2, -0.15) is 0 Å². The first-order valence-corrected chi connectivity index (χ1v) is 8.97. The second kappa shape index (κ2) is 6.07. The molecule has 2 heterocycles. The molecule has 3 rings (SSSR count). The monoisotopic (exact) mass is 336 g/mol. The molecule has 3 heteroatoms. The summed E-state index contributed by atoms with van der Waals surface area (Å²) in [6.07, 6.45) is 4.17. The van der Waals surface area contributed by atoms with Gasteiger partial charge in [0.25, 0.3) is 0 Å². The topological polar surface area (TPSA) is 6.48 Å². The fourth-order valence-electron chi connectivity index (χ4n) is 3.79. The molecule has 0 aliphatic carbocycles. The molecule has 0 saturated carbocycles. The number of piperazine rings is 1. The highest BCUT2D eigenvalue weighted by Gasteiger charge is 2.33. The Hall–Kier alpha value is -0.540. The van der Waals surface area contributed by atoms with E-state index in [1.807, 2.05) is 0 Å². The average molecular weight is 337 g/mol. The molecule has 2 saturated heterocycles. The maximum atomic E-state index is 3.66. The number of hydrogen-bond acceptors (Lipinski definition) is 2. The van der Waals surface area contributed by atoms with E-state index in [2.05, 4.69) is 57.8 Å². The van der Waals surface area contributed by atoms with Gasteiger partial charge in [0, 0.05) is 36.2 Å². The molecular weight excluding hydrogens is 312 g/mol. The summed E-state index contributed by atoms with van der Waals surface area (Å²) in [7, 11) is 0. The third-order valence-corrected chi connectivity index (χ3v) is 5.48. The number of rotatable bonds is 2. The number of nitrogens with zero attached hydrogens (tertiary/aromatic N) is 2. The summed E-state index contributed by atoms with van der Waals surface area (Å²) in [5, 5.41) is 0.946. The van der Waals surface area contributed by atoms with Crippen LogP contribution in [-0.4, -0.2) is 36.6 Å². The van der Waals surface area contributed by atoms with Gasteiger partial charge in [0.2, 0.25) is 0 Å². The van der Waals surface area contributed by atoms with Gasteiger partial charge in [-0.15, -0.1) is 0 Å². The summed E-state index contributed by atoms with van der Waals surface area (Å²) in [6.45, 7) is 8.29. The lowest BCUT2D eigenvalue weighted by Crippen LogP contribution is -2.59. The van der Waals surface area contributed by atoms with E-state index in [4.69, 9.17) is 0 Å². The lowest BCUT2D eigenvalue weighted by Gasteiger charge is -2.49. The smallest absolute Gasteiger partial charge is 0.0410 e. The Labute approximate surface area is 131 Å². The zero-order valence-corrected chi connectivity index (χ0v) is 14.2. The number of fused-ring (bicyclic) bond motifs is 1. The average Bonchev–Trinajstić information content (AvgIpc) is 2.46. The van der Waals surface area contributed by atoms with Gasteiger partial charge in [0.05, 0.1) is 0 Å². The number of benzene rings is 1. The summed E-state index contributed by atoms with van der Waals surface area (Å²) < 4.78 is 0. The summed E-state index contributed by atoms with van der Waals surface area (Å²) >= 11 is 3.66. The molecule has 2 unspecified atom stereocenters. The fraction of sp³-hybridized carbons (Fsp3) is 0.647. The molecule has 2 aliphatic heterocycles. The van der Waals surface area contributed by atoms with Gasteiger partial charge in [0.1, 0.15) is 0 Å². The molecule has 1 aromatic rings. The highest BCUT2D eigenvalue weighted by molar-refractivity contribution is 9.08. The van der Waals surface area contributed by atoms with Crippen LogP contribution in [0.15, 0.2) is 18.2 Å². The third-order valence-electron chi connectivity index (χ3n) is 4.88. The fourth-order valence-corrected chi connectivity index (χ4v) is 4.24. The molecular formula is C17H25BrN2. The van der Waals surface area contributed by atoms with Crippen LogP contribution in [0.25, 0.3) is 0 Å². The van der Waals surface area contributed by atoms with Crippen LogP contribution in [0.2, 0.25) is 0 Å². The van der Waals surface area contributed by atoms with Crippen molar-refractivity contribution in [3.8, 4) is 0 Å². The van der Waals surface area contributed by atoms with Gasteiger partial charge in [-0.25, -0.2) is 0 Å². The second-order valence-electron chi connectivity index (χ2n) is 6.41. The normalized spacial score (nSPS) is 27.4. The molecule has 2 nitrogen and oxygen atoms in total. The van der Waals surface area contributed by atoms with Gasteiger partial charge < -0.3 is 4.90 Å². The molecule has 2 aliphatic rings. The minimum Gasteiger partial charge on any atom is -0.366 e. The van der Waals surface area contributed by atoms with Crippen LogP contribution in [0, 0.1) is 6.92 Å². The molecule has 2 atom stereocenters. The zero-order valence-electron chi connectivity index (χ0n) is 12.6. The Bertz CT molecular complexity index is 474. The molecule has 0 aromatic heterocycles. The molecule has 0 radical (unpaired) electrons. The Morgan fingerprint density at radius 3 is 2.90 bits per heavy atom. The first-order valence-electron chi connectivity index (χ1n) is 7.85. The first-order chi connectivity index (χ1) is 9.69. The van der Waals surface area contributed by atoms with Crippen LogP contribution in [0.4, 0.5) is 5.69 Å². The molecule has 2 fully saturated rings. The molecule has 0 bridgehead atoms. The number of anilines is 1. The number of aryl methyl sites for hydroxylation is 1. The highest BCUT2D eigenvalue weighted by Crippen LogP contribution is 2.31. The van der Waals surface area contributed by atoms with Gasteiger partial charge in [-0.3, -0.25) is 4.90 Å². The van der Waals surface area contributed by atoms with E-state index in [1.165, 1.54) is 55.7 Å². The van der Waals surface area contributed by atoms with Crippen LogP contribution >= 0.6 is 15.9 Å². The molecule has 0 spiro atoms. The Balaban J connectivity index is 1.85. The minimum absolute atomic E-state index is 0.616. The molecule has 1 aromatic carbocycles. The highest BCUT2D eigenvalue weighted by atomic mass is 79.9. The predicted molar refractivity (Wildman–Crippen MR) is 89.8 cm³/mol. The van der Waals surface area contributed by atoms with Crippen molar-refractivity contribution in [2.75, 3.05) is 24.5 Å². The summed E-state index contributed by atoms with van der Waals surface area (Å²) in [5.74, 6) is 0. The maximum absolute atomic E-state index is 3.66. The Kier molecular flexibility index (Phi) is 4.37. The van der Waals surface area contributed by atoms with Gasteiger partial charge in [0.15, 0.2) is 0 Å². The number of halogens is 1. The van der Waals surface area contributed by atoms with E-state index < -0.39 is 0 Å². The maximum Gasteiger partial charge on any atom is 0.0410 e. The number of alkyl halides is 1. The van der Waals surface area contributed by atoms with E-state index in [0.29, 0.717) is 6.04 Å².